The van der Waals surface area contributed by atoms with Gasteiger partial charge in [0.25, 0.3) is 0 Å². The Morgan fingerprint density at radius 1 is 1.25 bits per heavy atom. The van der Waals surface area contributed by atoms with Crippen molar-refractivity contribution in [2.24, 2.45) is 0 Å². The minimum atomic E-state index is -0.601. The first-order valence-electron chi connectivity index (χ1n) is 5.70. The third-order valence-corrected chi connectivity index (χ3v) is 3.29. The van der Waals surface area contributed by atoms with Crippen molar-refractivity contribution in [2.75, 3.05) is 0 Å². The molecule has 1 atom stereocenters. The van der Waals surface area contributed by atoms with Crippen LogP contribution in [0.4, 0.5) is 5.82 Å². The van der Waals surface area contributed by atoms with Crippen molar-refractivity contribution in [3.63, 3.8) is 0 Å². The number of hydrogen-bond acceptors (Lipinski definition) is 4. The zero-order chi connectivity index (χ0) is 14.7. The largest absolute Gasteiger partial charge is 0.478 e. The fourth-order valence-electron chi connectivity index (χ4n) is 1.76. The van der Waals surface area contributed by atoms with Crippen molar-refractivity contribution in [3.8, 4) is 5.75 Å². The summed E-state index contributed by atoms with van der Waals surface area (Å²) in [6.07, 6.45) is 0.789. The van der Waals surface area contributed by atoms with Gasteiger partial charge in [-0.2, -0.15) is 0 Å². The maximum Gasteiger partial charge on any atom is 0.406 e. The first-order valence-corrected chi connectivity index (χ1v) is 6.46. The van der Waals surface area contributed by atoms with Gasteiger partial charge in [-0.15, -0.1) is 0 Å². The van der Waals surface area contributed by atoms with Gasteiger partial charge < -0.3 is 14.9 Å². The molecule has 0 aliphatic heterocycles. The summed E-state index contributed by atoms with van der Waals surface area (Å²) in [5, 5.41) is 11.8. The molecule has 0 saturated heterocycles. The van der Waals surface area contributed by atoms with Crippen LogP contribution in [0.1, 0.15) is 18.6 Å². The van der Waals surface area contributed by atoms with Gasteiger partial charge in [-0.3, -0.25) is 0 Å². The van der Waals surface area contributed by atoms with Crippen molar-refractivity contribution in [3.05, 3.63) is 62.3 Å². The van der Waals surface area contributed by atoms with E-state index in [1.165, 1.54) is 12.3 Å². The van der Waals surface area contributed by atoms with E-state index < -0.39 is 11.0 Å². The van der Waals surface area contributed by atoms with Crippen LogP contribution in [0.5, 0.6) is 5.75 Å². The van der Waals surface area contributed by atoms with Crippen molar-refractivity contribution in [2.45, 2.75) is 13.0 Å². The smallest absolute Gasteiger partial charge is 0.406 e. The molecule has 0 bridgehead atoms. The molecule has 104 valence electrons. The van der Waals surface area contributed by atoms with E-state index in [1.54, 1.807) is 31.2 Å². The van der Waals surface area contributed by atoms with Crippen LogP contribution in [0, 0.1) is 10.1 Å². The Labute approximate surface area is 125 Å². The molecule has 1 aromatic carbocycles. The number of ether oxygens (including phenoxy) is 1. The molecule has 0 radical (unpaired) electrons. The predicted octanol–water partition coefficient (Wildman–Crippen LogP) is 4.44. The van der Waals surface area contributed by atoms with Gasteiger partial charge in [0.1, 0.15) is 12.3 Å². The van der Waals surface area contributed by atoms with Gasteiger partial charge >= 0.3 is 5.82 Å². The second-order valence-electron chi connectivity index (χ2n) is 3.98. The molecule has 2 rings (SSSR count). The highest BCUT2D eigenvalue weighted by Gasteiger charge is 2.21. The van der Waals surface area contributed by atoms with Gasteiger partial charge in [0.2, 0.25) is 5.75 Å². The average Bonchev–Trinajstić information content (AvgIpc) is 2.38. The number of halogens is 2. The van der Waals surface area contributed by atoms with E-state index in [0.717, 1.165) is 0 Å². The van der Waals surface area contributed by atoms with Crippen LogP contribution in [0.2, 0.25) is 10.0 Å². The zero-order valence-electron chi connectivity index (χ0n) is 10.4. The maximum atomic E-state index is 10.9. The van der Waals surface area contributed by atoms with Crippen LogP contribution in [0.25, 0.3) is 0 Å². The average molecular weight is 313 g/mol. The van der Waals surface area contributed by atoms with Crippen molar-refractivity contribution < 1.29 is 9.66 Å². The lowest BCUT2D eigenvalue weighted by atomic mass is 10.1. The van der Waals surface area contributed by atoms with E-state index in [-0.39, 0.29) is 11.6 Å². The molecule has 0 fully saturated rings. The van der Waals surface area contributed by atoms with Crippen LogP contribution in [0.3, 0.4) is 0 Å². The molecular formula is C13H10Cl2N2O3. The summed E-state index contributed by atoms with van der Waals surface area (Å²) < 4.78 is 5.58. The Morgan fingerprint density at radius 3 is 2.50 bits per heavy atom. The van der Waals surface area contributed by atoms with Gasteiger partial charge in [-0.05, 0) is 41.1 Å². The van der Waals surface area contributed by atoms with Gasteiger partial charge in [-0.25, -0.2) is 0 Å². The standard InChI is InChI=1S/C13H10Cl2N2O3/c1-8(12-9(14)4-2-5-10(12)15)20-11-6-3-7-16-13(11)17(18)19/h2-8H,1H3/t8-/m0/s1. The Hall–Kier alpha value is -1.85. The number of benzene rings is 1. The third-order valence-electron chi connectivity index (χ3n) is 2.63. The summed E-state index contributed by atoms with van der Waals surface area (Å²) >= 11 is 12.2. The third kappa shape index (κ3) is 3.00. The summed E-state index contributed by atoms with van der Waals surface area (Å²) in [7, 11) is 0. The van der Waals surface area contributed by atoms with E-state index in [0.29, 0.717) is 15.6 Å². The number of nitro groups is 1. The summed E-state index contributed by atoms with van der Waals surface area (Å²) in [4.78, 5) is 14.0. The van der Waals surface area contributed by atoms with Gasteiger partial charge in [0, 0.05) is 15.6 Å². The molecular weight excluding hydrogens is 303 g/mol. The topological polar surface area (TPSA) is 65.3 Å². The monoisotopic (exact) mass is 312 g/mol. The molecule has 0 spiro atoms. The second kappa shape index (κ2) is 6.07. The van der Waals surface area contributed by atoms with E-state index in [1.807, 2.05) is 0 Å². The number of hydrogen-bond donors (Lipinski definition) is 0. The minimum Gasteiger partial charge on any atom is -0.478 e. The molecule has 1 aromatic heterocycles. The molecule has 0 aliphatic carbocycles. The number of aromatic nitrogens is 1. The Kier molecular flexibility index (Phi) is 4.42. The molecule has 0 N–H and O–H groups in total. The molecule has 0 saturated carbocycles. The summed E-state index contributed by atoms with van der Waals surface area (Å²) in [5.41, 5.74) is 0.578. The van der Waals surface area contributed by atoms with E-state index in [9.17, 15) is 10.1 Å². The normalized spacial score (nSPS) is 11.9. The first kappa shape index (κ1) is 14.6. The quantitative estimate of drug-likeness (QED) is 0.618. The Morgan fingerprint density at radius 2 is 1.90 bits per heavy atom. The summed E-state index contributed by atoms with van der Waals surface area (Å²) in [6, 6.07) is 8.11. The van der Waals surface area contributed by atoms with E-state index >= 15 is 0 Å². The minimum absolute atomic E-state index is 0.0704. The molecule has 7 heteroatoms. The number of pyridine rings is 1. The predicted molar refractivity (Wildman–Crippen MR) is 76.4 cm³/mol. The maximum absolute atomic E-state index is 10.9. The lowest BCUT2D eigenvalue weighted by Crippen LogP contribution is -2.07. The summed E-state index contributed by atoms with van der Waals surface area (Å²) in [6.45, 7) is 1.71. The fourth-order valence-corrected chi connectivity index (χ4v) is 2.46. The summed E-state index contributed by atoms with van der Waals surface area (Å²) in [5.74, 6) is -0.275. The fraction of sp³-hybridized carbons (Fsp3) is 0.154. The van der Waals surface area contributed by atoms with Gasteiger partial charge in [0.05, 0.1) is 0 Å². The van der Waals surface area contributed by atoms with Crippen LogP contribution in [0.15, 0.2) is 36.5 Å². The SMILES string of the molecule is C[C@H](Oc1cccnc1[N+](=O)[O-])c1c(Cl)cccc1Cl. The van der Waals surface area contributed by atoms with Crippen molar-refractivity contribution >= 4 is 29.0 Å². The van der Waals surface area contributed by atoms with Crippen LogP contribution >= 0.6 is 23.2 Å². The van der Waals surface area contributed by atoms with E-state index in [4.69, 9.17) is 27.9 Å². The molecule has 20 heavy (non-hydrogen) atoms. The zero-order valence-corrected chi connectivity index (χ0v) is 11.9. The lowest BCUT2D eigenvalue weighted by molar-refractivity contribution is -0.390. The molecule has 1 heterocycles. The Balaban J connectivity index is 2.33. The van der Waals surface area contributed by atoms with Crippen molar-refractivity contribution in [1.82, 2.24) is 4.98 Å². The molecule has 0 amide bonds. The van der Waals surface area contributed by atoms with Crippen LogP contribution in [-0.4, -0.2) is 9.91 Å². The second-order valence-corrected chi connectivity index (χ2v) is 4.79. The Bertz CT molecular complexity index is 629. The molecule has 5 nitrogen and oxygen atoms in total. The highest BCUT2D eigenvalue weighted by atomic mass is 35.5. The van der Waals surface area contributed by atoms with Crippen LogP contribution in [-0.2, 0) is 0 Å². The molecule has 2 aromatic rings. The van der Waals surface area contributed by atoms with Gasteiger partial charge in [0.15, 0.2) is 0 Å². The lowest BCUT2D eigenvalue weighted by Gasteiger charge is -2.17. The number of nitrogens with zero attached hydrogens (tertiary/aromatic N) is 2. The van der Waals surface area contributed by atoms with Gasteiger partial charge in [-0.1, -0.05) is 29.3 Å². The van der Waals surface area contributed by atoms with Crippen molar-refractivity contribution in [1.29, 1.82) is 0 Å². The van der Waals surface area contributed by atoms with Crippen LogP contribution < -0.4 is 4.74 Å². The highest BCUT2D eigenvalue weighted by molar-refractivity contribution is 6.36. The first-order chi connectivity index (χ1) is 9.50. The number of rotatable bonds is 4. The van der Waals surface area contributed by atoms with E-state index in [2.05, 4.69) is 4.98 Å². The molecule has 0 unspecified atom stereocenters. The molecule has 0 aliphatic rings. The highest BCUT2D eigenvalue weighted by Crippen LogP contribution is 2.35.